The summed E-state index contributed by atoms with van der Waals surface area (Å²) in [5, 5.41) is 3.92. The van der Waals surface area contributed by atoms with Gasteiger partial charge in [-0.05, 0) is 27.7 Å². The first-order chi connectivity index (χ1) is 7.61. The summed E-state index contributed by atoms with van der Waals surface area (Å²) in [5.41, 5.74) is 0. The van der Waals surface area contributed by atoms with E-state index in [9.17, 15) is 0 Å². The molecule has 0 aliphatic heterocycles. The van der Waals surface area contributed by atoms with Crippen LogP contribution in [0.25, 0.3) is 0 Å². The second kappa shape index (κ2) is 6.05. The van der Waals surface area contributed by atoms with Crippen LogP contribution in [0.3, 0.4) is 0 Å². The number of imidazole rings is 1. The molecule has 0 bridgehead atoms. The Labute approximate surface area is 96.1 Å². The van der Waals surface area contributed by atoms with Gasteiger partial charge < -0.3 is 4.57 Å². The molecular formula is C11H19N5. The molecular weight excluding hydrogens is 202 g/mol. The molecule has 0 atom stereocenters. The van der Waals surface area contributed by atoms with Gasteiger partial charge in [-0.1, -0.05) is 0 Å². The smallest absolute Gasteiger partial charge is 0.137 e. The van der Waals surface area contributed by atoms with Crippen LogP contribution in [0.4, 0.5) is 0 Å². The summed E-state index contributed by atoms with van der Waals surface area (Å²) in [6.45, 7) is 8.38. The van der Waals surface area contributed by atoms with E-state index in [0.717, 1.165) is 0 Å². The number of rotatable bonds is 2. The van der Waals surface area contributed by atoms with Gasteiger partial charge >= 0.3 is 0 Å². The van der Waals surface area contributed by atoms with Gasteiger partial charge in [0.05, 0.1) is 6.33 Å². The van der Waals surface area contributed by atoms with E-state index in [2.05, 4.69) is 47.3 Å². The number of nitrogens with zero attached hydrogens (tertiary/aromatic N) is 5. The molecule has 2 aromatic rings. The summed E-state index contributed by atoms with van der Waals surface area (Å²) in [7, 11) is 0. The predicted molar refractivity (Wildman–Crippen MR) is 63.0 cm³/mol. The van der Waals surface area contributed by atoms with Gasteiger partial charge in [0.15, 0.2) is 0 Å². The number of hydrogen-bond acceptors (Lipinski definition) is 3. The van der Waals surface area contributed by atoms with Gasteiger partial charge in [0, 0.05) is 24.5 Å². The molecule has 0 unspecified atom stereocenters. The van der Waals surface area contributed by atoms with E-state index in [1.807, 2.05) is 12.5 Å². The van der Waals surface area contributed by atoms with Gasteiger partial charge in [-0.25, -0.2) is 9.97 Å². The third-order valence-electron chi connectivity index (χ3n) is 2.09. The average Bonchev–Trinajstić information content (AvgIpc) is 2.93. The highest BCUT2D eigenvalue weighted by atomic mass is 15.3. The lowest BCUT2D eigenvalue weighted by molar-refractivity contribution is 0.531. The zero-order valence-corrected chi connectivity index (χ0v) is 10.3. The molecule has 0 radical (unpaired) electrons. The van der Waals surface area contributed by atoms with Crippen molar-refractivity contribution in [3.8, 4) is 0 Å². The van der Waals surface area contributed by atoms with Gasteiger partial charge in [0.25, 0.3) is 0 Å². The Morgan fingerprint density at radius 1 is 0.938 bits per heavy atom. The van der Waals surface area contributed by atoms with Crippen molar-refractivity contribution in [3.63, 3.8) is 0 Å². The van der Waals surface area contributed by atoms with Crippen molar-refractivity contribution in [2.45, 2.75) is 39.8 Å². The van der Waals surface area contributed by atoms with Crippen molar-refractivity contribution in [2.24, 2.45) is 0 Å². The van der Waals surface area contributed by atoms with Crippen molar-refractivity contribution in [1.29, 1.82) is 0 Å². The van der Waals surface area contributed by atoms with Gasteiger partial charge in [0.2, 0.25) is 0 Å². The molecule has 0 saturated carbocycles. The predicted octanol–water partition coefficient (Wildman–Crippen LogP) is 2.32. The van der Waals surface area contributed by atoms with Crippen molar-refractivity contribution in [2.75, 3.05) is 0 Å². The third-order valence-corrected chi connectivity index (χ3v) is 2.09. The lowest BCUT2D eigenvalue weighted by Crippen LogP contribution is -1.99. The first kappa shape index (κ1) is 12.4. The maximum absolute atomic E-state index is 3.92. The molecule has 2 aromatic heterocycles. The minimum Gasteiger partial charge on any atom is -0.335 e. The van der Waals surface area contributed by atoms with Crippen molar-refractivity contribution in [3.05, 3.63) is 31.4 Å². The van der Waals surface area contributed by atoms with Gasteiger partial charge in [-0.2, -0.15) is 5.10 Å². The molecule has 16 heavy (non-hydrogen) atoms. The Bertz CT molecular complexity index is 323. The van der Waals surface area contributed by atoms with E-state index in [-0.39, 0.29) is 0 Å². The molecule has 0 saturated heterocycles. The van der Waals surface area contributed by atoms with Crippen LogP contribution in [0, 0.1) is 0 Å². The molecule has 0 amide bonds. The summed E-state index contributed by atoms with van der Waals surface area (Å²) in [4.78, 5) is 7.70. The van der Waals surface area contributed by atoms with Gasteiger partial charge in [0.1, 0.15) is 12.7 Å². The van der Waals surface area contributed by atoms with E-state index in [1.165, 1.54) is 0 Å². The van der Waals surface area contributed by atoms with Crippen LogP contribution < -0.4 is 0 Å². The quantitative estimate of drug-likeness (QED) is 0.782. The van der Waals surface area contributed by atoms with Crippen LogP contribution in [0.5, 0.6) is 0 Å². The normalized spacial score (nSPS) is 10.4. The first-order valence-corrected chi connectivity index (χ1v) is 5.42. The van der Waals surface area contributed by atoms with Crippen LogP contribution in [0.1, 0.15) is 39.8 Å². The summed E-state index contributed by atoms with van der Waals surface area (Å²) in [6.07, 6.45) is 8.83. The molecule has 0 spiro atoms. The fourth-order valence-electron chi connectivity index (χ4n) is 1.06. The van der Waals surface area contributed by atoms with Gasteiger partial charge in [-0.15, -0.1) is 0 Å². The van der Waals surface area contributed by atoms with E-state index >= 15 is 0 Å². The van der Waals surface area contributed by atoms with E-state index in [0.29, 0.717) is 12.1 Å². The molecule has 0 aliphatic rings. The Hall–Kier alpha value is -1.65. The molecule has 88 valence electrons. The van der Waals surface area contributed by atoms with Crippen LogP contribution in [0.15, 0.2) is 31.4 Å². The highest BCUT2D eigenvalue weighted by Crippen LogP contribution is 1.99. The second-order valence-corrected chi connectivity index (χ2v) is 4.07. The monoisotopic (exact) mass is 221 g/mol. The van der Waals surface area contributed by atoms with Crippen LogP contribution in [0.2, 0.25) is 0 Å². The molecule has 2 rings (SSSR count). The van der Waals surface area contributed by atoms with E-state index in [1.54, 1.807) is 23.5 Å². The third kappa shape index (κ3) is 3.84. The maximum Gasteiger partial charge on any atom is 0.137 e. The zero-order chi connectivity index (χ0) is 12.0. The zero-order valence-electron chi connectivity index (χ0n) is 10.3. The van der Waals surface area contributed by atoms with Crippen molar-refractivity contribution in [1.82, 2.24) is 24.3 Å². The Kier molecular flexibility index (Phi) is 4.69. The number of aromatic nitrogens is 5. The van der Waals surface area contributed by atoms with Gasteiger partial charge in [-0.3, -0.25) is 4.68 Å². The van der Waals surface area contributed by atoms with Crippen LogP contribution >= 0.6 is 0 Å². The fourth-order valence-corrected chi connectivity index (χ4v) is 1.06. The Morgan fingerprint density at radius 2 is 1.69 bits per heavy atom. The van der Waals surface area contributed by atoms with E-state index < -0.39 is 0 Å². The molecule has 5 nitrogen and oxygen atoms in total. The Morgan fingerprint density at radius 3 is 1.94 bits per heavy atom. The molecule has 5 heteroatoms. The van der Waals surface area contributed by atoms with Crippen LogP contribution in [-0.4, -0.2) is 24.3 Å². The lowest BCUT2D eigenvalue weighted by atomic mass is 10.4. The summed E-state index contributed by atoms with van der Waals surface area (Å²) < 4.78 is 3.86. The fraction of sp³-hybridized carbons (Fsp3) is 0.545. The topological polar surface area (TPSA) is 48.5 Å². The summed E-state index contributed by atoms with van der Waals surface area (Å²) in [6, 6.07) is 0.968. The largest absolute Gasteiger partial charge is 0.335 e. The van der Waals surface area contributed by atoms with Crippen molar-refractivity contribution >= 4 is 0 Å². The molecule has 2 heterocycles. The average molecular weight is 221 g/mol. The Balaban J connectivity index is 0.000000160. The minimum absolute atomic E-state index is 0.428. The van der Waals surface area contributed by atoms with E-state index in [4.69, 9.17) is 0 Å². The molecule has 0 fully saturated rings. The van der Waals surface area contributed by atoms with Crippen LogP contribution in [-0.2, 0) is 0 Å². The number of hydrogen-bond donors (Lipinski definition) is 0. The summed E-state index contributed by atoms with van der Waals surface area (Å²) >= 11 is 0. The highest BCUT2D eigenvalue weighted by molar-refractivity contribution is 4.76. The SMILES string of the molecule is CC(C)n1ccnc1.CC(C)n1cncn1. The molecule has 0 N–H and O–H groups in total. The minimum atomic E-state index is 0.428. The molecule has 0 aromatic carbocycles. The standard InChI is InChI=1S/C6H10N2.C5H9N3/c1-6(2)8-4-3-7-5-8;1-5(2)8-4-6-3-7-8/h3-6H,1-2H3;3-5H,1-2H3. The first-order valence-electron chi connectivity index (χ1n) is 5.42. The second-order valence-electron chi connectivity index (χ2n) is 4.07. The maximum atomic E-state index is 3.92. The van der Waals surface area contributed by atoms with Crippen molar-refractivity contribution < 1.29 is 0 Å². The highest BCUT2D eigenvalue weighted by Gasteiger charge is 1.92. The summed E-state index contributed by atoms with van der Waals surface area (Å²) in [5.74, 6) is 0. The lowest BCUT2D eigenvalue weighted by Gasteiger charge is -2.02. The molecule has 0 aliphatic carbocycles.